The standard InChI is InChI=1S/C14H20N2O/c1-16-8-6-11-3-2-4-14(13(11)10-16)17-12-5-7-15-9-12/h2-4,12,15H,5-10H2,1H3. The Bertz CT molecular complexity index is 399. The minimum absolute atomic E-state index is 0.355. The number of nitrogens with zero attached hydrogens (tertiary/aromatic N) is 1. The van der Waals surface area contributed by atoms with Crippen LogP contribution in [0.25, 0.3) is 0 Å². The molecular weight excluding hydrogens is 212 g/mol. The van der Waals surface area contributed by atoms with Gasteiger partial charge in [0.05, 0.1) is 0 Å². The van der Waals surface area contributed by atoms with Crippen LogP contribution in [0, 0.1) is 0 Å². The van der Waals surface area contributed by atoms with Gasteiger partial charge in [0.2, 0.25) is 0 Å². The van der Waals surface area contributed by atoms with Crippen LogP contribution in [0.4, 0.5) is 0 Å². The summed E-state index contributed by atoms with van der Waals surface area (Å²) in [7, 11) is 2.18. The summed E-state index contributed by atoms with van der Waals surface area (Å²) in [6.07, 6.45) is 2.62. The molecule has 92 valence electrons. The second kappa shape index (κ2) is 4.67. The molecule has 1 aromatic carbocycles. The van der Waals surface area contributed by atoms with Gasteiger partial charge in [-0.1, -0.05) is 12.1 Å². The first-order chi connectivity index (χ1) is 8.33. The molecule has 0 bridgehead atoms. The number of hydrogen-bond donors (Lipinski definition) is 1. The third kappa shape index (κ3) is 2.31. The highest BCUT2D eigenvalue weighted by atomic mass is 16.5. The summed E-state index contributed by atoms with van der Waals surface area (Å²) >= 11 is 0. The second-order valence-corrected chi connectivity index (χ2v) is 5.11. The Morgan fingerprint density at radius 2 is 2.35 bits per heavy atom. The van der Waals surface area contributed by atoms with E-state index >= 15 is 0 Å². The molecule has 1 fully saturated rings. The third-order valence-corrected chi connectivity index (χ3v) is 3.73. The fourth-order valence-electron chi connectivity index (χ4n) is 2.70. The Kier molecular flexibility index (Phi) is 3.04. The molecule has 1 atom stereocenters. The van der Waals surface area contributed by atoms with E-state index in [0.717, 1.165) is 44.8 Å². The average molecular weight is 232 g/mol. The number of fused-ring (bicyclic) bond motifs is 1. The Balaban J connectivity index is 1.83. The average Bonchev–Trinajstić information content (AvgIpc) is 2.83. The van der Waals surface area contributed by atoms with Gasteiger partial charge in [0, 0.05) is 25.2 Å². The van der Waals surface area contributed by atoms with Crippen molar-refractivity contribution >= 4 is 0 Å². The van der Waals surface area contributed by atoms with Crippen molar-refractivity contribution in [3.05, 3.63) is 29.3 Å². The summed E-state index contributed by atoms with van der Waals surface area (Å²) in [4.78, 5) is 2.36. The SMILES string of the molecule is CN1CCc2cccc(OC3CCNC3)c2C1. The maximum Gasteiger partial charge on any atom is 0.124 e. The Morgan fingerprint density at radius 3 is 3.18 bits per heavy atom. The first-order valence-electron chi connectivity index (χ1n) is 6.49. The number of nitrogens with one attached hydrogen (secondary N) is 1. The van der Waals surface area contributed by atoms with Crippen molar-refractivity contribution in [3.63, 3.8) is 0 Å². The highest BCUT2D eigenvalue weighted by Crippen LogP contribution is 2.28. The van der Waals surface area contributed by atoms with Gasteiger partial charge in [-0.05, 0) is 38.1 Å². The summed E-state index contributed by atoms with van der Waals surface area (Å²) in [6, 6.07) is 6.49. The molecule has 0 saturated carbocycles. The molecule has 0 radical (unpaired) electrons. The Morgan fingerprint density at radius 1 is 1.41 bits per heavy atom. The molecule has 0 spiro atoms. The molecule has 1 unspecified atom stereocenters. The minimum atomic E-state index is 0.355. The summed E-state index contributed by atoms with van der Waals surface area (Å²) in [5, 5.41) is 3.35. The highest BCUT2D eigenvalue weighted by Gasteiger charge is 2.21. The Labute approximate surface area is 103 Å². The molecule has 3 nitrogen and oxygen atoms in total. The molecule has 3 rings (SSSR count). The van der Waals surface area contributed by atoms with Gasteiger partial charge < -0.3 is 15.0 Å². The molecule has 1 aromatic rings. The van der Waals surface area contributed by atoms with Crippen molar-refractivity contribution in [1.29, 1.82) is 0 Å². The lowest BCUT2D eigenvalue weighted by Crippen LogP contribution is -2.28. The zero-order chi connectivity index (χ0) is 11.7. The maximum atomic E-state index is 6.13. The monoisotopic (exact) mass is 232 g/mol. The second-order valence-electron chi connectivity index (χ2n) is 5.11. The molecule has 2 heterocycles. The van der Waals surface area contributed by atoms with Crippen molar-refractivity contribution in [3.8, 4) is 5.75 Å². The fraction of sp³-hybridized carbons (Fsp3) is 0.571. The van der Waals surface area contributed by atoms with Crippen LogP contribution in [-0.4, -0.2) is 37.7 Å². The predicted molar refractivity (Wildman–Crippen MR) is 68.4 cm³/mol. The summed E-state index contributed by atoms with van der Waals surface area (Å²) in [5.74, 6) is 1.10. The van der Waals surface area contributed by atoms with E-state index in [0.29, 0.717) is 6.10 Å². The number of likely N-dealkylation sites (N-methyl/N-ethyl adjacent to an activating group) is 1. The molecular formula is C14H20N2O. The van der Waals surface area contributed by atoms with Crippen LogP contribution in [0.5, 0.6) is 5.75 Å². The van der Waals surface area contributed by atoms with Crippen LogP contribution in [0.15, 0.2) is 18.2 Å². The van der Waals surface area contributed by atoms with Crippen LogP contribution in [-0.2, 0) is 13.0 Å². The summed E-state index contributed by atoms with van der Waals surface area (Å²) in [6.45, 7) is 4.24. The molecule has 17 heavy (non-hydrogen) atoms. The van der Waals surface area contributed by atoms with Gasteiger partial charge in [0.15, 0.2) is 0 Å². The zero-order valence-electron chi connectivity index (χ0n) is 10.4. The normalized spacial score (nSPS) is 24.6. The van der Waals surface area contributed by atoms with Gasteiger partial charge in [-0.3, -0.25) is 0 Å². The molecule has 2 aliphatic rings. The van der Waals surface area contributed by atoms with E-state index in [1.807, 2.05) is 0 Å². The van der Waals surface area contributed by atoms with E-state index in [-0.39, 0.29) is 0 Å². The first kappa shape index (κ1) is 11.1. The van der Waals surface area contributed by atoms with Gasteiger partial charge in [0.1, 0.15) is 11.9 Å². The van der Waals surface area contributed by atoms with Crippen molar-refractivity contribution in [2.24, 2.45) is 0 Å². The van der Waals surface area contributed by atoms with Gasteiger partial charge in [-0.2, -0.15) is 0 Å². The lowest BCUT2D eigenvalue weighted by atomic mass is 9.99. The van der Waals surface area contributed by atoms with Gasteiger partial charge >= 0.3 is 0 Å². The van der Waals surface area contributed by atoms with Crippen molar-refractivity contribution in [2.75, 3.05) is 26.7 Å². The minimum Gasteiger partial charge on any atom is -0.489 e. The summed E-state index contributed by atoms with van der Waals surface area (Å²) in [5.41, 5.74) is 2.86. The molecule has 2 aliphatic heterocycles. The summed E-state index contributed by atoms with van der Waals surface area (Å²) < 4.78 is 6.13. The highest BCUT2D eigenvalue weighted by molar-refractivity contribution is 5.41. The van der Waals surface area contributed by atoms with Crippen molar-refractivity contribution < 1.29 is 4.74 Å². The lowest BCUT2D eigenvalue weighted by molar-refractivity contribution is 0.213. The largest absolute Gasteiger partial charge is 0.489 e. The predicted octanol–water partition coefficient (Wildman–Crippen LogP) is 1.42. The number of hydrogen-bond acceptors (Lipinski definition) is 3. The quantitative estimate of drug-likeness (QED) is 0.834. The number of benzene rings is 1. The molecule has 0 amide bonds. The van der Waals surface area contributed by atoms with Crippen molar-refractivity contribution in [2.45, 2.75) is 25.5 Å². The van der Waals surface area contributed by atoms with Gasteiger partial charge in [-0.15, -0.1) is 0 Å². The number of ether oxygens (including phenoxy) is 1. The van der Waals surface area contributed by atoms with E-state index in [2.05, 4.69) is 35.5 Å². The first-order valence-corrected chi connectivity index (χ1v) is 6.49. The smallest absolute Gasteiger partial charge is 0.124 e. The number of rotatable bonds is 2. The van der Waals surface area contributed by atoms with E-state index in [1.165, 1.54) is 11.1 Å². The fourth-order valence-corrected chi connectivity index (χ4v) is 2.70. The van der Waals surface area contributed by atoms with E-state index in [1.54, 1.807) is 0 Å². The molecule has 0 aromatic heterocycles. The molecule has 1 saturated heterocycles. The van der Waals surface area contributed by atoms with Crippen LogP contribution in [0.3, 0.4) is 0 Å². The van der Waals surface area contributed by atoms with Crippen LogP contribution < -0.4 is 10.1 Å². The van der Waals surface area contributed by atoms with Gasteiger partial charge in [0.25, 0.3) is 0 Å². The van der Waals surface area contributed by atoms with E-state index in [4.69, 9.17) is 4.74 Å². The molecule has 3 heteroatoms. The molecule has 0 aliphatic carbocycles. The lowest BCUT2D eigenvalue weighted by Gasteiger charge is -2.27. The maximum absolute atomic E-state index is 6.13. The van der Waals surface area contributed by atoms with Crippen LogP contribution in [0.1, 0.15) is 17.5 Å². The van der Waals surface area contributed by atoms with Gasteiger partial charge in [-0.25, -0.2) is 0 Å². The third-order valence-electron chi connectivity index (χ3n) is 3.73. The van der Waals surface area contributed by atoms with E-state index in [9.17, 15) is 0 Å². The molecule has 1 N–H and O–H groups in total. The van der Waals surface area contributed by atoms with Crippen LogP contribution >= 0.6 is 0 Å². The Hall–Kier alpha value is -1.06. The van der Waals surface area contributed by atoms with E-state index < -0.39 is 0 Å². The zero-order valence-corrected chi connectivity index (χ0v) is 10.4. The van der Waals surface area contributed by atoms with Crippen molar-refractivity contribution in [1.82, 2.24) is 10.2 Å². The topological polar surface area (TPSA) is 24.5 Å². The van der Waals surface area contributed by atoms with Crippen LogP contribution in [0.2, 0.25) is 0 Å².